The van der Waals surface area contributed by atoms with E-state index >= 15 is 0 Å². The van der Waals surface area contributed by atoms with Crippen molar-refractivity contribution >= 4 is 0 Å². The largest absolute Gasteiger partial charge is 0.0888 e. The Hall–Kier alpha value is -0.780. The van der Waals surface area contributed by atoms with E-state index in [1.165, 1.54) is 12.8 Å². The van der Waals surface area contributed by atoms with Crippen LogP contribution in [0, 0.1) is 0 Å². The van der Waals surface area contributed by atoms with E-state index in [2.05, 4.69) is 26.0 Å². The van der Waals surface area contributed by atoms with Crippen LogP contribution in [0.1, 0.15) is 40.5 Å². The van der Waals surface area contributed by atoms with Crippen molar-refractivity contribution in [3.63, 3.8) is 0 Å². The third kappa shape index (κ3) is 22.9. The summed E-state index contributed by atoms with van der Waals surface area (Å²) in [7, 11) is 0. The van der Waals surface area contributed by atoms with E-state index in [0.717, 1.165) is 0 Å². The molecule has 0 aliphatic carbocycles. The zero-order valence-corrected chi connectivity index (χ0v) is 8.88. The molecule has 0 saturated carbocycles. The van der Waals surface area contributed by atoms with Crippen LogP contribution in [0.3, 0.4) is 0 Å². The maximum absolute atomic E-state index is 2.18. The molecule has 0 aliphatic heterocycles. The van der Waals surface area contributed by atoms with Crippen molar-refractivity contribution in [2.45, 2.75) is 40.5 Å². The van der Waals surface area contributed by atoms with Crippen molar-refractivity contribution in [1.29, 1.82) is 0 Å². The summed E-state index contributed by atoms with van der Waals surface area (Å²) in [4.78, 5) is 0. The molecule has 12 heavy (non-hydrogen) atoms. The normalized spacial score (nSPS) is 11.0. The van der Waals surface area contributed by atoms with Gasteiger partial charge in [-0.1, -0.05) is 50.3 Å². The molecule has 0 bridgehead atoms. The van der Waals surface area contributed by atoms with E-state index < -0.39 is 0 Å². The molecule has 0 amide bonds. The van der Waals surface area contributed by atoms with Crippen LogP contribution in [0.25, 0.3) is 0 Å². The summed E-state index contributed by atoms with van der Waals surface area (Å²) in [6.45, 7) is 8.29. The van der Waals surface area contributed by atoms with Crippen molar-refractivity contribution in [2.75, 3.05) is 0 Å². The van der Waals surface area contributed by atoms with Crippen molar-refractivity contribution in [1.82, 2.24) is 0 Å². The zero-order valence-electron chi connectivity index (χ0n) is 8.88. The molecule has 0 aromatic heterocycles. The van der Waals surface area contributed by atoms with Gasteiger partial charge >= 0.3 is 0 Å². The second kappa shape index (κ2) is 16.7. The van der Waals surface area contributed by atoms with Gasteiger partial charge in [0.1, 0.15) is 0 Å². The van der Waals surface area contributed by atoms with Crippen LogP contribution in [0.15, 0.2) is 36.5 Å². The lowest BCUT2D eigenvalue weighted by molar-refractivity contribution is 1.16. The molecule has 0 atom stereocenters. The molecule has 0 fully saturated rings. The smallest absolute Gasteiger partial charge is 0.0379 e. The van der Waals surface area contributed by atoms with Gasteiger partial charge in [-0.25, -0.2) is 0 Å². The first-order chi connectivity index (χ1) is 5.83. The van der Waals surface area contributed by atoms with Crippen molar-refractivity contribution in [2.24, 2.45) is 0 Å². The second-order valence-corrected chi connectivity index (χ2v) is 2.34. The minimum Gasteiger partial charge on any atom is -0.0888 e. The fourth-order valence-electron chi connectivity index (χ4n) is 0.556. The van der Waals surface area contributed by atoms with Crippen LogP contribution in [0.5, 0.6) is 0 Å². The monoisotopic (exact) mass is 166 g/mol. The standard InChI is InChI=1S/C6H12.C6H10/c2*1-3-5-6-4-2/h5-6H,3-4H2,1-2H3;3-6H,1-2H3. The van der Waals surface area contributed by atoms with E-state index in [9.17, 15) is 0 Å². The lowest BCUT2D eigenvalue weighted by Gasteiger charge is -1.72. The molecule has 0 rings (SSSR count). The second-order valence-electron chi connectivity index (χ2n) is 2.34. The van der Waals surface area contributed by atoms with Gasteiger partial charge in [-0.05, 0) is 26.7 Å². The van der Waals surface area contributed by atoms with Crippen molar-refractivity contribution in [3.05, 3.63) is 36.5 Å². The van der Waals surface area contributed by atoms with Gasteiger partial charge in [-0.2, -0.15) is 0 Å². The first-order valence-electron chi connectivity index (χ1n) is 4.72. The molecule has 0 unspecified atom stereocenters. The summed E-state index contributed by atoms with van der Waals surface area (Å²) >= 11 is 0. The summed E-state index contributed by atoms with van der Waals surface area (Å²) in [5, 5.41) is 0. The Morgan fingerprint density at radius 1 is 0.750 bits per heavy atom. The van der Waals surface area contributed by atoms with Gasteiger partial charge in [-0.3, -0.25) is 0 Å². The number of hydrogen-bond donors (Lipinski definition) is 0. The molecule has 0 N–H and O–H groups in total. The Bertz CT molecular complexity index is 111. The van der Waals surface area contributed by atoms with Crippen LogP contribution in [0.4, 0.5) is 0 Å². The average molecular weight is 166 g/mol. The molecule has 70 valence electrons. The SMILES string of the molecule is CC=CC=CC.CCC=CCC. The highest BCUT2D eigenvalue weighted by molar-refractivity contribution is 4.98. The van der Waals surface area contributed by atoms with Crippen molar-refractivity contribution < 1.29 is 0 Å². The van der Waals surface area contributed by atoms with Gasteiger partial charge < -0.3 is 0 Å². The van der Waals surface area contributed by atoms with Crippen LogP contribution in [-0.4, -0.2) is 0 Å². The van der Waals surface area contributed by atoms with Gasteiger partial charge in [0.25, 0.3) is 0 Å². The van der Waals surface area contributed by atoms with Gasteiger partial charge in [0.2, 0.25) is 0 Å². The lowest BCUT2D eigenvalue weighted by atomic mass is 10.4. The topological polar surface area (TPSA) is 0 Å². The number of rotatable bonds is 3. The molecule has 0 heteroatoms. The minimum atomic E-state index is 1.17. The van der Waals surface area contributed by atoms with Crippen LogP contribution < -0.4 is 0 Å². The fraction of sp³-hybridized carbons (Fsp3) is 0.500. The minimum absolute atomic E-state index is 1.17. The number of hydrogen-bond acceptors (Lipinski definition) is 0. The number of allylic oxidation sites excluding steroid dienone is 6. The van der Waals surface area contributed by atoms with E-state index in [4.69, 9.17) is 0 Å². The maximum Gasteiger partial charge on any atom is -0.0379 e. The predicted molar refractivity (Wildman–Crippen MR) is 59.4 cm³/mol. The van der Waals surface area contributed by atoms with E-state index in [1.54, 1.807) is 0 Å². The molecular weight excluding hydrogens is 144 g/mol. The Balaban J connectivity index is 0. The zero-order chi connectivity index (χ0) is 9.66. The average Bonchev–Trinajstić information content (AvgIpc) is 2.12. The fourth-order valence-corrected chi connectivity index (χ4v) is 0.556. The van der Waals surface area contributed by atoms with Crippen LogP contribution in [-0.2, 0) is 0 Å². The van der Waals surface area contributed by atoms with E-state index in [1.807, 2.05) is 38.2 Å². The summed E-state index contributed by atoms with van der Waals surface area (Å²) in [6.07, 6.45) is 14.7. The van der Waals surface area contributed by atoms with Gasteiger partial charge in [0, 0.05) is 0 Å². The Morgan fingerprint density at radius 3 is 1.25 bits per heavy atom. The van der Waals surface area contributed by atoms with Gasteiger partial charge in [-0.15, -0.1) is 0 Å². The molecule has 0 aromatic carbocycles. The molecule has 0 spiro atoms. The Kier molecular flexibility index (Phi) is 19.1. The lowest BCUT2D eigenvalue weighted by Crippen LogP contribution is -1.51. The summed E-state index contributed by atoms with van der Waals surface area (Å²) in [5.74, 6) is 0. The summed E-state index contributed by atoms with van der Waals surface area (Å²) < 4.78 is 0. The van der Waals surface area contributed by atoms with Crippen molar-refractivity contribution in [3.8, 4) is 0 Å². The Labute approximate surface area is 77.7 Å². The van der Waals surface area contributed by atoms with E-state index in [0.29, 0.717) is 0 Å². The summed E-state index contributed by atoms with van der Waals surface area (Å²) in [5.41, 5.74) is 0. The van der Waals surface area contributed by atoms with Gasteiger partial charge in [0.05, 0.1) is 0 Å². The maximum atomic E-state index is 2.18. The third-order valence-electron chi connectivity index (χ3n) is 1.13. The molecule has 0 aromatic rings. The van der Waals surface area contributed by atoms with Crippen LogP contribution >= 0.6 is 0 Å². The predicted octanol–water partition coefficient (Wildman–Crippen LogP) is 4.50. The molecule has 0 heterocycles. The first kappa shape index (κ1) is 13.8. The van der Waals surface area contributed by atoms with Crippen LogP contribution in [0.2, 0.25) is 0 Å². The quantitative estimate of drug-likeness (QED) is 0.427. The third-order valence-corrected chi connectivity index (χ3v) is 1.13. The Morgan fingerprint density at radius 2 is 1.08 bits per heavy atom. The molecule has 0 aliphatic rings. The highest BCUT2D eigenvalue weighted by atomic mass is 13.7. The molecular formula is C12H22. The molecule has 0 nitrogen and oxygen atoms in total. The molecule has 0 saturated heterocycles. The van der Waals surface area contributed by atoms with Gasteiger partial charge in [0.15, 0.2) is 0 Å². The summed E-state index contributed by atoms with van der Waals surface area (Å²) in [6, 6.07) is 0. The first-order valence-corrected chi connectivity index (χ1v) is 4.72. The van der Waals surface area contributed by atoms with E-state index in [-0.39, 0.29) is 0 Å². The highest BCUT2D eigenvalue weighted by Gasteiger charge is 1.60. The highest BCUT2D eigenvalue weighted by Crippen LogP contribution is 1.81. The molecule has 0 radical (unpaired) electrons.